The summed E-state index contributed by atoms with van der Waals surface area (Å²) in [5.41, 5.74) is 2.27. The van der Waals surface area contributed by atoms with Gasteiger partial charge >= 0.3 is 5.97 Å². The first kappa shape index (κ1) is 16.8. The number of carbonyl (C=O) groups excluding carboxylic acids is 1. The predicted octanol–water partition coefficient (Wildman–Crippen LogP) is 2.42. The lowest BCUT2D eigenvalue weighted by molar-refractivity contribution is -0.133. The molecule has 5 nitrogen and oxygen atoms in total. The van der Waals surface area contributed by atoms with Crippen LogP contribution in [0.2, 0.25) is 5.02 Å². The van der Waals surface area contributed by atoms with Crippen LogP contribution in [0.1, 0.15) is 17.2 Å². The first-order chi connectivity index (χ1) is 12.6. The maximum Gasteiger partial charge on any atom is 0.332 e. The van der Waals surface area contributed by atoms with E-state index in [1.54, 1.807) is 10.6 Å². The van der Waals surface area contributed by atoms with Crippen LogP contribution in [0.4, 0.5) is 5.69 Å². The maximum absolute atomic E-state index is 13.0. The summed E-state index contributed by atoms with van der Waals surface area (Å²) >= 11 is 7.36. The Morgan fingerprint density at radius 1 is 1.27 bits per heavy atom. The van der Waals surface area contributed by atoms with Crippen molar-refractivity contribution in [1.29, 1.82) is 0 Å². The molecule has 7 heteroatoms. The SMILES string of the molecule is COC(=O)/C=c1\sc2n(c1=O)C(c1ccccc1)c1cc(Cl)ccc1N=2. The van der Waals surface area contributed by atoms with E-state index < -0.39 is 5.97 Å². The smallest absolute Gasteiger partial charge is 0.332 e. The number of hydrogen-bond donors (Lipinski definition) is 0. The lowest BCUT2D eigenvalue weighted by Gasteiger charge is -2.24. The number of thiazole rings is 1. The van der Waals surface area contributed by atoms with Crippen molar-refractivity contribution in [3.8, 4) is 0 Å². The van der Waals surface area contributed by atoms with Crippen LogP contribution in [0.3, 0.4) is 0 Å². The summed E-state index contributed by atoms with van der Waals surface area (Å²) in [6, 6.07) is 14.8. The van der Waals surface area contributed by atoms with Crippen LogP contribution < -0.4 is 14.9 Å². The van der Waals surface area contributed by atoms with Crippen LogP contribution in [0.25, 0.3) is 6.08 Å². The van der Waals surface area contributed by atoms with Gasteiger partial charge in [0.25, 0.3) is 5.56 Å². The Kier molecular flexibility index (Phi) is 4.22. The number of methoxy groups -OCH3 is 1. The molecule has 1 aliphatic rings. The zero-order chi connectivity index (χ0) is 18.3. The van der Waals surface area contributed by atoms with Crippen molar-refractivity contribution in [2.75, 3.05) is 7.11 Å². The molecule has 3 aromatic rings. The highest BCUT2D eigenvalue weighted by Crippen LogP contribution is 2.35. The van der Waals surface area contributed by atoms with Gasteiger partial charge in [0.1, 0.15) is 4.53 Å². The Balaban J connectivity index is 2.06. The molecule has 0 N–H and O–H groups in total. The molecule has 0 fully saturated rings. The third kappa shape index (κ3) is 2.77. The van der Waals surface area contributed by atoms with E-state index in [0.29, 0.717) is 9.82 Å². The largest absolute Gasteiger partial charge is 0.466 e. The fraction of sp³-hybridized carbons (Fsp3) is 0.105. The predicted molar refractivity (Wildman–Crippen MR) is 101 cm³/mol. The zero-order valence-electron chi connectivity index (χ0n) is 13.7. The minimum Gasteiger partial charge on any atom is -0.466 e. The van der Waals surface area contributed by atoms with Crippen LogP contribution in [0.5, 0.6) is 0 Å². The topological polar surface area (TPSA) is 60.7 Å². The number of ether oxygens (including phenoxy) is 1. The summed E-state index contributed by atoms with van der Waals surface area (Å²) in [4.78, 5) is 29.7. The van der Waals surface area contributed by atoms with Crippen LogP contribution >= 0.6 is 22.9 Å². The van der Waals surface area contributed by atoms with E-state index in [-0.39, 0.29) is 16.1 Å². The third-order valence-corrected chi connectivity index (χ3v) is 5.38. The lowest BCUT2D eigenvalue weighted by atomic mass is 9.96. The number of hydrogen-bond acceptors (Lipinski definition) is 5. The number of benzene rings is 2. The van der Waals surface area contributed by atoms with Gasteiger partial charge in [-0.15, -0.1) is 0 Å². The Bertz CT molecular complexity index is 1180. The molecule has 4 rings (SSSR count). The number of carbonyl (C=O) groups is 1. The van der Waals surface area contributed by atoms with Gasteiger partial charge in [-0.05, 0) is 23.8 Å². The summed E-state index contributed by atoms with van der Waals surface area (Å²) in [6.07, 6.45) is 1.20. The van der Waals surface area contributed by atoms with E-state index in [9.17, 15) is 9.59 Å². The van der Waals surface area contributed by atoms with Gasteiger partial charge in [-0.3, -0.25) is 9.36 Å². The number of esters is 1. The van der Waals surface area contributed by atoms with E-state index in [2.05, 4.69) is 9.73 Å². The van der Waals surface area contributed by atoms with Crippen molar-refractivity contribution >= 4 is 40.7 Å². The van der Waals surface area contributed by atoms with E-state index in [1.165, 1.54) is 24.5 Å². The van der Waals surface area contributed by atoms with Crippen molar-refractivity contribution in [3.05, 3.63) is 84.4 Å². The van der Waals surface area contributed by atoms with Crippen molar-refractivity contribution in [2.24, 2.45) is 4.99 Å². The number of nitrogens with zero attached hydrogens (tertiary/aromatic N) is 2. The second-order valence-corrected chi connectivity index (χ2v) is 7.17. The molecule has 2 aromatic carbocycles. The standard InChI is InChI=1S/C19H13ClN2O3S/c1-25-16(23)10-15-18(24)22-17(11-5-3-2-4-6-11)13-9-12(20)7-8-14(13)21-19(22)26-15/h2-10,17H,1H3/b15-10-. The summed E-state index contributed by atoms with van der Waals surface area (Å²) in [7, 11) is 1.28. The summed E-state index contributed by atoms with van der Waals surface area (Å²) in [5, 5.41) is 0.577. The summed E-state index contributed by atoms with van der Waals surface area (Å²) in [6.45, 7) is 0. The van der Waals surface area contributed by atoms with Crippen LogP contribution in [0, 0.1) is 0 Å². The average molecular weight is 385 g/mol. The maximum atomic E-state index is 13.0. The number of rotatable bonds is 2. The van der Waals surface area contributed by atoms with Crippen LogP contribution in [-0.4, -0.2) is 17.6 Å². The zero-order valence-corrected chi connectivity index (χ0v) is 15.3. The normalized spacial score (nSPS) is 15.8. The highest BCUT2D eigenvalue weighted by Gasteiger charge is 2.27. The number of halogens is 1. The van der Waals surface area contributed by atoms with E-state index in [0.717, 1.165) is 16.8 Å². The monoisotopic (exact) mass is 384 g/mol. The minimum absolute atomic E-state index is 0.279. The van der Waals surface area contributed by atoms with Crippen LogP contribution in [-0.2, 0) is 9.53 Å². The number of fused-ring (bicyclic) bond motifs is 2. The third-order valence-electron chi connectivity index (χ3n) is 4.16. The Morgan fingerprint density at radius 2 is 2.04 bits per heavy atom. The second-order valence-electron chi connectivity index (χ2n) is 5.72. The quantitative estimate of drug-likeness (QED) is 0.499. The van der Waals surface area contributed by atoms with E-state index in [4.69, 9.17) is 11.6 Å². The molecule has 0 saturated carbocycles. The first-order valence-electron chi connectivity index (χ1n) is 7.82. The molecular weight excluding hydrogens is 372 g/mol. The highest BCUT2D eigenvalue weighted by atomic mass is 35.5. The molecule has 0 spiro atoms. The fourth-order valence-corrected chi connectivity index (χ4v) is 4.16. The van der Waals surface area contributed by atoms with Crippen LogP contribution in [0.15, 0.2) is 58.3 Å². The molecule has 1 atom stereocenters. The molecule has 26 heavy (non-hydrogen) atoms. The summed E-state index contributed by atoms with van der Waals surface area (Å²) in [5.74, 6) is -0.571. The van der Waals surface area contributed by atoms with Gasteiger partial charge in [0.15, 0.2) is 4.80 Å². The lowest BCUT2D eigenvalue weighted by Crippen LogP contribution is -2.37. The molecule has 0 aliphatic carbocycles. The molecule has 130 valence electrons. The molecule has 0 saturated heterocycles. The Hall–Kier alpha value is -2.70. The molecular formula is C19H13ClN2O3S. The van der Waals surface area contributed by atoms with E-state index >= 15 is 0 Å². The molecule has 0 amide bonds. The van der Waals surface area contributed by atoms with Gasteiger partial charge in [0.05, 0.1) is 18.8 Å². The van der Waals surface area contributed by atoms with Gasteiger partial charge in [-0.2, -0.15) is 0 Å². The minimum atomic E-state index is -0.571. The van der Waals surface area contributed by atoms with Gasteiger partial charge in [-0.25, -0.2) is 9.79 Å². The molecule has 1 unspecified atom stereocenters. The second kappa shape index (κ2) is 6.55. The molecule has 1 aliphatic heterocycles. The first-order valence-corrected chi connectivity index (χ1v) is 9.02. The summed E-state index contributed by atoms with van der Waals surface area (Å²) < 4.78 is 6.54. The van der Waals surface area contributed by atoms with Gasteiger partial charge < -0.3 is 4.74 Å². The van der Waals surface area contributed by atoms with Gasteiger partial charge in [0.2, 0.25) is 0 Å². The van der Waals surface area contributed by atoms with Gasteiger partial charge in [0, 0.05) is 16.7 Å². The molecule has 2 heterocycles. The molecule has 0 radical (unpaired) electrons. The molecule has 1 aromatic heterocycles. The van der Waals surface area contributed by atoms with Crippen molar-refractivity contribution in [1.82, 2.24) is 4.57 Å². The Morgan fingerprint density at radius 3 is 2.77 bits per heavy atom. The molecule has 0 bridgehead atoms. The fourth-order valence-electron chi connectivity index (χ4n) is 3.01. The van der Waals surface area contributed by atoms with Gasteiger partial charge in [-0.1, -0.05) is 53.3 Å². The highest BCUT2D eigenvalue weighted by molar-refractivity contribution is 7.07. The van der Waals surface area contributed by atoms with Crippen molar-refractivity contribution in [2.45, 2.75) is 6.04 Å². The van der Waals surface area contributed by atoms with Crippen molar-refractivity contribution in [3.63, 3.8) is 0 Å². The van der Waals surface area contributed by atoms with E-state index in [1.807, 2.05) is 42.5 Å². The van der Waals surface area contributed by atoms with Crippen molar-refractivity contribution < 1.29 is 9.53 Å². The number of aromatic nitrogens is 1. The average Bonchev–Trinajstić information content (AvgIpc) is 2.96. The Labute approximate surface area is 157 Å².